The lowest BCUT2D eigenvalue weighted by atomic mass is 10.0. The Morgan fingerprint density at radius 1 is 1.32 bits per heavy atom. The van der Waals surface area contributed by atoms with Crippen LogP contribution in [0.2, 0.25) is 0 Å². The fourth-order valence-corrected chi connectivity index (χ4v) is 3.12. The first-order valence-electron chi connectivity index (χ1n) is 8.22. The van der Waals surface area contributed by atoms with Gasteiger partial charge in [-0.3, -0.25) is 14.3 Å². The molecule has 7 heteroatoms. The smallest absolute Gasteiger partial charge is 0.261 e. The van der Waals surface area contributed by atoms with Crippen LogP contribution in [0.25, 0.3) is 0 Å². The molecule has 0 N–H and O–H groups in total. The number of nitrogens with zero attached hydrogens (tertiary/aromatic N) is 4. The number of benzene rings is 1. The summed E-state index contributed by atoms with van der Waals surface area (Å²) in [5.74, 6) is -0.121. The first-order chi connectivity index (χ1) is 12.0. The van der Waals surface area contributed by atoms with E-state index in [-0.39, 0.29) is 24.2 Å². The predicted octanol–water partition coefficient (Wildman–Crippen LogP) is 1.48. The number of carbonyl (C=O) groups excluding carboxylic acids is 2. The van der Waals surface area contributed by atoms with E-state index in [0.717, 1.165) is 18.5 Å². The summed E-state index contributed by atoms with van der Waals surface area (Å²) in [7, 11) is 4.80. The van der Waals surface area contributed by atoms with Crippen LogP contribution in [0.15, 0.2) is 30.5 Å². The number of fused-ring (bicyclic) bond motifs is 1. The van der Waals surface area contributed by atoms with Gasteiger partial charge < -0.3 is 14.5 Å². The summed E-state index contributed by atoms with van der Waals surface area (Å²) in [4.78, 5) is 28.5. The number of aryl methyl sites for hydroxylation is 2. The van der Waals surface area contributed by atoms with Crippen molar-refractivity contribution >= 4 is 17.5 Å². The molecule has 0 unspecified atom stereocenters. The Morgan fingerprint density at radius 3 is 2.84 bits per heavy atom. The third-order valence-corrected chi connectivity index (χ3v) is 4.35. The average molecular weight is 342 g/mol. The first-order valence-corrected chi connectivity index (χ1v) is 8.22. The van der Waals surface area contributed by atoms with Crippen LogP contribution in [0.5, 0.6) is 5.88 Å². The van der Waals surface area contributed by atoms with Crippen molar-refractivity contribution in [3.05, 3.63) is 41.6 Å². The van der Waals surface area contributed by atoms with Crippen LogP contribution in [0.4, 0.5) is 5.69 Å². The number of anilines is 1. The lowest BCUT2D eigenvalue weighted by molar-refractivity contribution is -0.119. The summed E-state index contributed by atoms with van der Waals surface area (Å²) >= 11 is 0. The van der Waals surface area contributed by atoms with Crippen molar-refractivity contribution in [2.45, 2.75) is 12.8 Å². The van der Waals surface area contributed by atoms with Crippen LogP contribution in [0, 0.1) is 0 Å². The second-order valence-corrected chi connectivity index (χ2v) is 6.16. The number of methoxy groups -OCH3 is 1. The van der Waals surface area contributed by atoms with Crippen molar-refractivity contribution in [1.29, 1.82) is 0 Å². The summed E-state index contributed by atoms with van der Waals surface area (Å²) in [5, 5.41) is 4.08. The first kappa shape index (κ1) is 17.0. The highest BCUT2D eigenvalue weighted by Gasteiger charge is 2.26. The predicted molar refractivity (Wildman–Crippen MR) is 93.8 cm³/mol. The fraction of sp³-hybridized carbons (Fsp3) is 0.389. The summed E-state index contributed by atoms with van der Waals surface area (Å²) < 4.78 is 6.65. The molecule has 1 aliphatic rings. The number of aromatic nitrogens is 2. The Balaban J connectivity index is 1.74. The molecule has 7 nitrogen and oxygen atoms in total. The largest absolute Gasteiger partial charge is 0.479 e. The van der Waals surface area contributed by atoms with Gasteiger partial charge in [-0.25, -0.2) is 0 Å². The molecule has 1 aromatic carbocycles. The molecule has 1 aromatic heterocycles. The molecular weight excluding hydrogens is 320 g/mol. The molecule has 25 heavy (non-hydrogen) atoms. The van der Waals surface area contributed by atoms with E-state index >= 15 is 0 Å². The van der Waals surface area contributed by atoms with Crippen molar-refractivity contribution in [3.63, 3.8) is 0 Å². The van der Waals surface area contributed by atoms with Crippen molar-refractivity contribution in [2.75, 3.05) is 32.1 Å². The lowest BCUT2D eigenvalue weighted by Crippen LogP contribution is -2.43. The van der Waals surface area contributed by atoms with Gasteiger partial charge in [0, 0.05) is 32.5 Å². The molecule has 0 saturated carbocycles. The van der Waals surface area contributed by atoms with Crippen LogP contribution < -0.4 is 9.64 Å². The lowest BCUT2D eigenvalue weighted by Gasteiger charge is -2.30. The van der Waals surface area contributed by atoms with Crippen LogP contribution >= 0.6 is 0 Å². The van der Waals surface area contributed by atoms with Gasteiger partial charge in [0.15, 0.2) is 0 Å². The average Bonchev–Trinajstić information content (AvgIpc) is 3.01. The van der Waals surface area contributed by atoms with Crippen molar-refractivity contribution < 1.29 is 14.3 Å². The van der Waals surface area contributed by atoms with Gasteiger partial charge in [-0.2, -0.15) is 0 Å². The normalized spacial score (nSPS) is 13.3. The molecule has 2 heterocycles. The molecule has 132 valence electrons. The minimum absolute atomic E-state index is 0.00517. The Hall–Kier alpha value is -2.83. The summed E-state index contributed by atoms with van der Waals surface area (Å²) in [6.45, 7) is 0.680. The minimum Gasteiger partial charge on any atom is -0.479 e. The van der Waals surface area contributed by atoms with Gasteiger partial charge in [0.05, 0.1) is 7.11 Å². The summed E-state index contributed by atoms with van der Waals surface area (Å²) in [6.07, 6.45) is 3.50. The van der Waals surface area contributed by atoms with Crippen molar-refractivity contribution in [1.82, 2.24) is 14.7 Å². The fourth-order valence-electron chi connectivity index (χ4n) is 3.12. The van der Waals surface area contributed by atoms with Gasteiger partial charge in [0.25, 0.3) is 5.91 Å². The number of para-hydroxylation sites is 1. The maximum absolute atomic E-state index is 12.7. The Kier molecular flexibility index (Phi) is 4.74. The van der Waals surface area contributed by atoms with E-state index in [1.54, 1.807) is 25.2 Å². The zero-order valence-electron chi connectivity index (χ0n) is 14.7. The quantitative estimate of drug-likeness (QED) is 0.844. The molecule has 0 atom stereocenters. The number of likely N-dealkylation sites (N-methyl/N-ethyl adjacent to an activating group) is 1. The summed E-state index contributed by atoms with van der Waals surface area (Å²) in [6, 6.07) is 7.92. The molecule has 0 fully saturated rings. The number of ether oxygens (including phenoxy) is 1. The van der Waals surface area contributed by atoms with Crippen molar-refractivity contribution in [2.24, 2.45) is 7.05 Å². The monoisotopic (exact) mass is 342 g/mol. The number of hydrogen-bond acceptors (Lipinski definition) is 4. The highest BCUT2D eigenvalue weighted by atomic mass is 16.5. The summed E-state index contributed by atoms with van der Waals surface area (Å²) in [5.41, 5.74) is 2.46. The van der Waals surface area contributed by atoms with Gasteiger partial charge >= 0.3 is 0 Å². The van der Waals surface area contributed by atoms with Gasteiger partial charge in [-0.15, -0.1) is 5.10 Å². The molecule has 0 spiro atoms. The van der Waals surface area contributed by atoms with Crippen LogP contribution in [0.3, 0.4) is 0 Å². The Labute approximate surface area is 146 Å². The number of carbonyl (C=O) groups is 2. The van der Waals surface area contributed by atoms with Gasteiger partial charge in [-0.1, -0.05) is 18.2 Å². The second kappa shape index (κ2) is 6.96. The van der Waals surface area contributed by atoms with E-state index in [4.69, 9.17) is 4.74 Å². The van der Waals surface area contributed by atoms with Gasteiger partial charge in [-0.05, 0) is 24.5 Å². The van der Waals surface area contributed by atoms with E-state index in [1.807, 2.05) is 24.3 Å². The SMILES string of the molecule is COc1nn(C)cc1C(=O)N(C)CC(=O)N1CCCc2ccccc21. The van der Waals surface area contributed by atoms with E-state index in [9.17, 15) is 9.59 Å². The van der Waals surface area contributed by atoms with E-state index in [1.165, 1.54) is 22.3 Å². The highest BCUT2D eigenvalue weighted by molar-refractivity contribution is 6.01. The molecule has 0 saturated heterocycles. The third kappa shape index (κ3) is 3.35. The topological polar surface area (TPSA) is 67.7 Å². The maximum atomic E-state index is 12.7. The minimum atomic E-state index is -0.288. The zero-order valence-corrected chi connectivity index (χ0v) is 14.7. The van der Waals surface area contributed by atoms with E-state index in [2.05, 4.69) is 5.10 Å². The highest BCUT2D eigenvalue weighted by Crippen LogP contribution is 2.27. The molecule has 0 bridgehead atoms. The Bertz CT molecular complexity index is 799. The standard InChI is InChI=1S/C18H22N4O3/c1-20(18(24)14-11-21(2)19-17(14)25-3)12-16(23)22-10-6-8-13-7-4-5-9-15(13)22/h4-5,7,9,11H,6,8,10,12H2,1-3H3. The third-order valence-electron chi connectivity index (χ3n) is 4.35. The van der Waals surface area contributed by atoms with Gasteiger partial charge in [0.2, 0.25) is 11.8 Å². The second-order valence-electron chi connectivity index (χ2n) is 6.16. The molecule has 1 aliphatic heterocycles. The van der Waals surface area contributed by atoms with Gasteiger partial charge in [0.1, 0.15) is 12.1 Å². The zero-order chi connectivity index (χ0) is 18.0. The molecule has 2 amide bonds. The van der Waals surface area contributed by atoms with Crippen LogP contribution in [-0.4, -0.2) is 53.7 Å². The van der Waals surface area contributed by atoms with Crippen LogP contribution in [-0.2, 0) is 18.3 Å². The number of rotatable bonds is 4. The number of amides is 2. The molecular formula is C18H22N4O3. The van der Waals surface area contributed by atoms with E-state index in [0.29, 0.717) is 12.1 Å². The molecule has 0 aliphatic carbocycles. The Morgan fingerprint density at radius 2 is 2.08 bits per heavy atom. The molecule has 2 aromatic rings. The molecule has 3 rings (SSSR count). The van der Waals surface area contributed by atoms with Crippen LogP contribution in [0.1, 0.15) is 22.3 Å². The maximum Gasteiger partial charge on any atom is 0.261 e. The van der Waals surface area contributed by atoms with E-state index < -0.39 is 0 Å². The van der Waals surface area contributed by atoms with Crippen molar-refractivity contribution in [3.8, 4) is 5.88 Å². The number of hydrogen-bond donors (Lipinski definition) is 0. The molecule has 0 radical (unpaired) electrons.